The number of nitrogens with zero attached hydrogens (tertiary/aromatic N) is 3. The predicted octanol–water partition coefficient (Wildman–Crippen LogP) is 3.87. The highest BCUT2D eigenvalue weighted by molar-refractivity contribution is 9.10. The number of esters is 1. The number of hydrogen-bond acceptors (Lipinski definition) is 5. The van der Waals surface area contributed by atoms with Crippen LogP contribution >= 0.6 is 15.9 Å². The van der Waals surface area contributed by atoms with Gasteiger partial charge in [-0.15, -0.1) is 0 Å². The number of carbonyl (C=O) groups excluding carboxylic acids is 1. The molecule has 0 amide bonds. The smallest absolute Gasteiger partial charge is 0.340 e. The number of carbonyl (C=O) groups is 1. The topological polar surface area (TPSA) is 69.0 Å². The first-order valence-corrected chi connectivity index (χ1v) is 7.99. The Hall–Kier alpha value is -2.67. The molecule has 0 fully saturated rings. The van der Waals surface area contributed by atoms with E-state index in [4.69, 9.17) is 4.74 Å². The lowest BCUT2D eigenvalue weighted by Crippen LogP contribution is -2.06. The Morgan fingerprint density at radius 2 is 2.08 bits per heavy atom. The Morgan fingerprint density at radius 3 is 2.83 bits per heavy atom. The lowest BCUT2D eigenvalue weighted by Gasteiger charge is -2.10. The molecule has 0 saturated heterocycles. The monoisotopic (exact) mass is 386 g/mol. The normalized spacial score (nSPS) is 10.5. The molecule has 24 heavy (non-hydrogen) atoms. The Morgan fingerprint density at radius 1 is 1.25 bits per heavy atom. The van der Waals surface area contributed by atoms with Crippen molar-refractivity contribution in [1.29, 1.82) is 0 Å². The molecule has 0 radical (unpaired) electrons. The highest BCUT2D eigenvalue weighted by Crippen LogP contribution is 2.25. The zero-order chi connectivity index (χ0) is 17.1. The maximum atomic E-state index is 11.9. The summed E-state index contributed by atoms with van der Waals surface area (Å²) in [6.45, 7) is 1.95. The minimum atomic E-state index is -0.420. The van der Waals surface area contributed by atoms with Crippen LogP contribution in [-0.4, -0.2) is 27.8 Å². The molecule has 0 atom stereocenters. The van der Waals surface area contributed by atoms with E-state index in [1.54, 1.807) is 24.7 Å². The molecule has 3 aromatic rings. The standard InChI is InChI=1S/C17H15BrN4O2/c1-11-15(10-20-22(11)13-5-3-4-12(18)8-13)21-16-9-19-7-6-14(16)17(23)24-2/h3-10,21H,1-2H3. The van der Waals surface area contributed by atoms with Crippen LogP contribution in [0.2, 0.25) is 0 Å². The van der Waals surface area contributed by atoms with Crippen molar-refractivity contribution in [2.45, 2.75) is 6.92 Å². The largest absolute Gasteiger partial charge is 0.465 e. The molecule has 0 bridgehead atoms. The number of halogens is 1. The number of rotatable bonds is 4. The van der Waals surface area contributed by atoms with Crippen LogP contribution in [0.25, 0.3) is 5.69 Å². The van der Waals surface area contributed by atoms with Gasteiger partial charge in [0.25, 0.3) is 0 Å². The van der Waals surface area contributed by atoms with Crippen molar-refractivity contribution < 1.29 is 9.53 Å². The third kappa shape index (κ3) is 3.16. The number of ether oxygens (including phenoxy) is 1. The average molecular weight is 387 g/mol. The Balaban J connectivity index is 1.95. The number of benzene rings is 1. The highest BCUT2D eigenvalue weighted by atomic mass is 79.9. The highest BCUT2D eigenvalue weighted by Gasteiger charge is 2.14. The summed E-state index contributed by atoms with van der Waals surface area (Å²) in [4.78, 5) is 15.9. The van der Waals surface area contributed by atoms with Crippen LogP contribution in [0.1, 0.15) is 16.1 Å². The molecular formula is C17H15BrN4O2. The molecule has 1 aromatic carbocycles. The first-order chi connectivity index (χ1) is 11.6. The Labute approximate surface area is 147 Å². The van der Waals surface area contributed by atoms with Gasteiger partial charge in [-0.2, -0.15) is 5.10 Å². The molecule has 0 unspecified atom stereocenters. The van der Waals surface area contributed by atoms with Gasteiger partial charge in [0.1, 0.15) is 0 Å². The molecule has 6 nitrogen and oxygen atoms in total. The van der Waals surface area contributed by atoms with Gasteiger partial charge in [0, 0.05) is 10.7 Å². The summed E-state index contributed by atoms with van der Waals surface area (Å²) in [5, 5.41) is 7.62. The van der Waals surface area contributed by atoms with Gasteiger partial charge in [-0.1, -0.05) is 22.0 Å². The van der Waals surface area contributed by atoms with Gasteiger partial charge in [0.2, 0.25) is 0 Å². The molecule has 0 aliphatic carbocycles. The van der Waals surface area contributed by atoms with Gasteiger partial charge in [-0.05, 0) is 31.2 Å². The van der Waals surface area contributed by atoms with Gasteiger partial charge in [-0.25, -0.2) is 9.48 Å². The van der Waals surface area contributed by atoms with Crippen LogP contribution in [0.5, 0.6) is 0 Å². The molecule has 0 spiro atoms. The number of hydrogen-bond donors (Lipinski definition) is 1. The summed E-state index contributed by atoms with van der Waals surface area (Å²) in [6.07, 6.45) is 4.85. The van der Waals surface area contributed by atoms with Crippen molar-refractivity contribution >= 4 is 33.3 Å². The molecule has 0 aliphatic rings. The van der Waals surface area contributed by atoms with E-state index in [1.807, 2.05) is 35.9 Å². The number of aromatic nitrogens is 3. The number of anilines is 2. The maximum absolute atomic E-state index is 11.9. The second kappa shape index (κ2) is 6.84. The van der Waals surface area contributed by atoms with E-state index in [0.717, 1.165) is 21.5 Å². The van der Waals surface area contributed by atoms with Gasteiger partial charge in [0.15, 0.2) is 0 Å². The lowest BCUT2D eigenvalue weighted by molar-refractivity contribution is 0.0602. The van der Waals surface area contributed by atoms with Crippen molar-refractivity contribution in [3.63, 3.8) is 0 Å². The van der Waals surface area contributed by atoms with E-state index in [1.165, 1.54) is 7.11 Å². The van der Waals surface area contributed by atoms with E-state index >= 15 is 0 Å². The Bertz CT molecular complexity index is 892. The molecule has 0 saturated carbocycles. The summed E-state index contributed by atoms with van der Waals surface area (Å²) in [7, 11) is 1.35. The Kier molecular flexibility index (Phi) is 4.61. The minimum absolute atomic E-state index is 0.419. The van der Waals surface area contributed by atoms with Crippen molar-refractivity contribution in [2.75, 3.05) is 12.4 Å². The fourth-order valence-corrected chi connectivity index (χ4v) is 2.71. The third-order valence-electron chi connectivity index (χ3n) is 3.56. The van der Waals surface area contributed by atoms with E-state index in [-0.39, 0.29) is 0 Å². The molecule has 3 rings (SSSR count). The zero-order valence-corrected chi connectivity index (χ0v) is 14.7. The maximum Gasteiger partial charge on any atom is 0.340 e. The molecule has 2 heterocycles. The quantitative estimate of drug-likeness (QED) is 0.689. The van der Waals surface area contributed by atoms with Crippen LogP contribution in [0.15, 0.2) is 53.4 Å². The molecule has 122 valence electrons. The molecule has 2 aromatic heterocycles. The minimum Gasteiger partial charge on any atom is -0.465 e. The van der Waals surface area contributed by atoms with Gasteiger partial charge < -0.3 is 10.1 Å². The number of nitrogens with one attached hydrogen (secondary N) is 1. The molecular weight excluding hydrogens is 372 g/mol. The summed E-state index contributed by atoms with van der Waals surface area (Å²) in [5.74, 6) is -0.420. The van der Waals surface area contributed by atoms with Crippen LogP contribution in [0, 0.1) is 6.92 Å². The van der Waals surface area contributed by atoms with Crippen LogP contribution in [0.3, 0.4) is 0 Å². The van der Waals surface area contributed by atoms with Crippen molar-refractivity contribution in [2.24, 2.45) is 0 Å². The lowest BCUT2D eigenvalue weighted by atomic mass is 10.2. The van der Waals surface area contributed by atoms with E-state index < -0.39 is 5.97 Å². The first-order valence-electron chi connectivity index (χ1n) is 7.20. The molecule has 0 aliphatic heterocycles. The summed E-state index contributed by atoms with van der Waals surface area (Å²) >= 11 is 3.46. The van der Waals surface area contributed by atoms with Crippen LogP contribution in [0.4, 0.5) is 11.4 Å². The van der Waals surface area contributed by atoms with Gasteiger partial charge >= 0.3 is 5.97 Å². The number of pyridine rings is 1. The third-order valence-corrected chi connectivity index (χ3v) is 4.05. The second-order valence-electron chi connectivity index (χ2n) is 5.07. The van der Waals surface area contributed by atoms with Gasteiger partial charge in [0.05, 0.1) is 47.8 Å². The zero-order valence-electron chi connectivity index (χ0n) is 13.2. The summed E-state index contributed by atoms with van der Waals surface area (Å²) in [5.41, 5.74) is 3.62. The molecule has 7 heteroatoms. The average Bonchev–Trinajstić information content (AvgIpc) is 2.95. The van der Waals surface area contributed by atoms with E-state index in [9.17, 15) is 4.79 Å². The van der Waals surface area contributed by atoms with E-state index in [2.05, 4.69) is 31.3 Å². The number of methoxy groups -OCH3 is 1. The second-order valence-corrected chi connectivity index (χ2v) is 5.99. The van der Waals surface area contributed by atoms with Crippen molar-refractivity contribution in [1.82, 2.24) is 14.8 Å². The SMILES string of the molecule is COC(=O)c1ccncc1Nc1cnn(-c2cccc(Br)c2)c1C. The van der Waals surface area contributed by atoms with Crippen molar-refractivity contribution in [3.05, 3.63) is 64.7 Å². The predicted molar refractivity (Wildman–Crippen MR) is 94.9 cm³/mol. The fraction of sp³-hybridized carbons (Fsp3) is 0.118. The fourth-order valence-electron chi connectivity index (χ4n) is 2.33. The van der Waals surface area contributed by atoms with Crippen LogP contribution in [-0.2, 0) is 4.74 Å². The first kappa shape index (κ1) is 16.2. The van der Waals surface area contributed by atoms with Gasteiger partial charge in [-0.3, -0.25) is 4.98 Å². The summed E-state index contributed by atoms with van der Waals surface area (Å²) < 4.78 is 7.60. The summed E-state index contributed by atoms with van der Waals surface area (Å²) in [6, 6.07) is 9.47. The molecule has 1 N–H and O–H groups in total. The van der Waals surface area contributed by atoms with Crippen LogP contribution < -0.4 is 5.32 Å². The van der Waals surface area contributed by atoms with E-state index in [0.29, 0.717) is 11.3 Å². The van der Waals surface area contributed by atoms with Crippen molar-refractivity contribution in [3.8, 4) is 5.69 Å².